The number of carbonyl (C=O) groups is 2. The van der Waals surface area contributed by atoms with Crippen molar-refractivity contribution in [1.29, 1.82) is 0 Å². The van der Waals surface area contributed by atoms with E-state index in [1.54, 1.807) is 51.2 Å². The zero-order chi connectivity index (χ0) is 31.2. The SMILES string of the molecule is CC1Cn2c(c(C(=O)NCc3ccccc3-c3ccncn3)n(-c3ccc4oc(N)nc4c3)c2=O)CN1C(=O)OC(C)(C)C. The van der Waals surface area contributed by atoms with Gasteiger partial charge in [-0.05, 0) is 57.5 Å². The third kappa shape index (κ3) is 5.39. The zero-order valence-electron chi connectivity index (χ0n) is 24.8. The Labute approximate surface area is 252 Å². The first-order valence-electron chi connectivity index (χ1n) is 14.1. The second-order valence-corrected chi connectivity index (χ2v) is 11.6. The second kappa shape index (κ2) is 11.0. The average molecular weight is 597 g/mol. The van der Waals surface area contributed by atoms with Crippen LogP contribution in [-0.4, -0.2) is 52.6 Å². The summed E-state index contributed by atoms with van der Waals surface area (Å²) in [6.45, 7) is 7.53. The van der Waals surface area contributed by atoms with Crippen LogP contribution in [0.3, 0.4) is 0 Å². The maximum atomic E-state index is 14.1. The van der Waals surface area contributed by atoms with E-state index in [0.717, 1.165) is 11.1 Å². The summed E-state index contributed by atoms with van der Waals surface area (Å²) in [7, 11) is 0. The molecule has 0 bridgehead atoms. The van der Waals surface area contributed by atoms with Crippen LogP contribution in [0.25, 0.3) is 28.0 Å². The van der Waals surface area contributed by atoms with Crippen molar-refractivity contribution in [2.24, 2.45) is 0 Å². The Hall–Kier alpha value is -5.46. The van der Waals surface area contributed by atoms with Crippen LogP contribution in [0.15, 0.2) is 70.3 Å². The largest absolute Gasteiger partial charge is 0.444 e. The molecule has 1 aliphatic rings. The number of nitrogens with zero attached hydrogens (tertiary/aromatic N) is 6. The molecule has 0 aliphatic carbocycles. The van der Waals surface area contributed by atoms with Crippen LogP contribution in [-0.2, 0) is 24.4 Å². The molecular weight excluding hydrogens is 564 g/mol. The number of fused-ring (bicyclic) bond motifs is 2. The topological polar surface area (TPSA) is 163 Å². The predicted octanol–water partition coefficient (Wildman–Crippen LogP) is 3.89. The van der Waals surface area contributed by atoms with Crippen molar-refractivity contribution in [2.45, 2.75) is 59.0 Å². The van der Waals surface area contributed by atoms with Crippen molar-refractivity contribution in [2.75, 3.05) is 5.73 Å². The van der Waals surface area contributed by atoms with Gasteiger partial charge in [-0.25, -0.2) is 19.6 Å². The maximum Gasteiger partial charge on any atom is 0.410 e. The highest BCUT2D eigenvalue weighted by Gasteiger charge is 2.36. The van der Waals surface area contributed by atoms with Gasteiger partial charge < -0.3 is 20.2 Å². The fourth-order valence-electron chi connectivity index (χ4n) is 5.36. The highest BCUT2D eigenvalue weighted by Crippen LogP contribution is 2.27. The standard InChI is InChI=1S/C31H32N8O5/c1-18-15-38-24(16-37(18)30(42)44-31(2,3)4)26(39(29(38)41)20-9-10-25-23(13-20)36-28(32)43-25)27(40)34-14-19-7-5-6-8-21(19)22-11-12-33-17-35-22/h5-13,17-18H,14-16H2,1-4H3,(H2,32,36)(H,34,40). The molecule has 0 spiro atoms. The van der Waals surface area contributed by atoms with E-state index in [0.29, 0.717) is 28.2 Å². The molecule has 0 saturated carbocycles. The van der Waals surface area contributed by atoms with E-state index in [-0.39, 0.29) is 37.4 Å². The number of imidazole rings is 1. The Bertz CT molecular complexity index is 1940. The van der Waals surface area contributed by atoms with E-state index in [4.69, 9.17) is 14.9 Å². The number of hydrogen-bond acceptors (Lipinski definition) is 9. The third-order valence-electron chi connectivity index (χ3n) is 7.35. The summed E-state index contributed by atoms with van der Waals surface area (Å²) >= 11 is 0. The van der Waals surface area contributed by atoms with Gasteiger partial charge in [0.15, 0.2) is 5.58 Å². The monoisotopic (exact) mass is 596 g/mol. The van der Waals surface area contributed by atoms with Crippen molar-refractivity contribution in [3.05, 3.63) is 88.5 Å². The van der Waals surface area contributed by atoms with Crippen molar-refractivity contribution < 1.29 is 18.7 Å². The van der Waals surface area contributed by atoms with Gasteiger partial charge in [0, 0.05) is 24.8 Å². The van der Waals surface area contributed by atoms with Gasteiger partial charge in [-0.15, -0.1) is 0 Å². The van der Waals surface area contributed by atoms with E-state index in [1.807, 2.05) is 31.2 Å². The van der Waals surface area contributed by atoms with E-state index < -0.39 is 23.3 Å². The molecule has 6 rings (SSSR count). The molecule has 3 aromatic heterocycles. The van der Waals surface area contributed by atoms with Crippen LogP contribution in [0.2, 0.25) is 0 Å². The minimum Gasteiger partial charge on any atom is -0.444 e. The van der Waals surface area contributed by atoms with Crippen molar-refractivity contribution in [1.82, 2.24) is 34.3 Å². The Morgan fingerprint density at radius 2 is 1.95 bits per heavy atom. The number of hydrogen-bond donors (Lipinski definition) is 2. The van der Waals surface area contributed by atoms with E-state index in [9.17, 15) is 14.4 Å². The highest BCUT2D eigenvalue weighted by molar-refractivity contribution is 5.95. The highest BCUT2D eigenvalue weighted by atomic mass is 16.6. The van der Waals surface area contributed by atoms with Crippen LogP contribution >= 0.6 is 0 Å². The number of amides is 2. The summed E-state index contributed by atoms with van der Waals surface area (Å²) in [6.07, 6.45) is 2.59. The molecule has 0 saturated heterocycles. The Morgan fingerprint density at radius 3 is 2.70 bits per heavy atom. The van der Waals surface area contributed by atoms with Crippen LogP contribution in [0.5, 0.6) is 0 Å². The van der Waals surface area contributed by atoms with Crippen molar-refractivity contribution in [3.8, 4) is 16.9 Å². The lowest BCUT2D eigenvalue weighted by atomic mass is 10.0. The number of carbonyl (C=O) groups excluding carboxylic acids is 2. The number of ether oxygens (including phenoxy) is 1. The minimum atomic E-state index is -0.716. The Morgan fingerprint density at radius 1 is 1.16 bits per heavy atom. The fraction of sp³-hybridized carbons (Fsp3) is 0.290. The lowest BCUT2D eigenvalue weighted by Gasteiger charge is -2.35. The quantitative estimate of drug-likeness (QED) is 0.306. The van der Waals surface area contributed by atoms with Gasteiger partial charge in [0.2, 0.25) is 0 Å². The normalized spacial score (nSPS) is 14.8. The number of nitrogens with one attached hydrogen (secondary N) is 1. The average Bonchev–Trinajstić information content (AvgIpc) is 3.50. The first-order chi connectivity index (χ1) is 21.0. The van der Waals surface area contributed by atoms with Crippen molar-refractivity contribution >= 4 is 29.1 Å². The van der Waals surface area contributed by atoms with E-state index >= 15 is 0 Å². The van der Waals surface area contributed by atoms with E-state index in [1.165, 1.54) is 20.4 Å². The summed E-state index contributed by atoms with van der Waals surface area (Å²) in [6, 6.07) is 13.9. The third-order valence-corrected chi connectivity index (χ3v) is 7.35. The van der Waals surface area contributed by atoms with Crippen LogP contribution in [0.4, 0.5) is 10.8 Å². The molecule has 2 amide bonds. The molecule has 1 aliphatic heterocycles. The van der Waals surface area contributed by atoms with Gasteiger partial charge in [-0.1, -0.05) is 24.3 Å². The van der Waals surface area contributed by atoms with Gasteiger partial charge in [0.1, 0.15) is 23.1 Å². The van der Waals surface area contributed by atoms with Crippen LogP contribution in [0.1, 0.15) is 49.4 Å². The molecule has 13 nitrogen and oxygen atoms in total. The first-order valence-corrected chi connectivity index (χ1v) is 14.1. The minimum absolute atomic E-state index is 0.00223. The number of benzene rings is 2. The van der Waals surface area contributed by atoms with Gasteiger partial charge in [-0.2, -0.15) is 4.98 Å². The molecule has 1 atom stereocenters. The molecule has 13 heteroatoms. The lowest BCUT2D eigenvalue weighted by Crippen LogP contribution is -2.48. The van der Waals surface area contributed by atoms with Gasteiger partial charge >= 0.3 is 11.8 Å². The van der Waals surface area contributed by atoms with E-state index in [2.05, 4.69) is 20.3 Å². The lowest BCUT2D eigenvalue weighted by molar-refractivity contribution is 0.00951. The molecule has 5 aromatic rings. The number of anilines is 1. The summed E-state index contributed by atoms with van der Waals surface area (Å²) in [5.41, 5.74) is 8.76. The maximum absolute atomic E-state index is 14.1. The van der Waals surface area contributed by atoms with Crippen molar-refractivity contribution in [3.63, 3.8) is 0 Å². The zero-order valence-corrected chi connectivity index (χ0v) is 24.8. The number of aromatic nitrogens is 5. The molecule has 4 heterocycles. The molecule has 1 unspecified atom stereocenters. The molecule has 0 radical (unpaired) electrons. The Kier molecular flexibility index (Phi) is 7.15. The Balaban J connectivity index is 1.42. The molecule has 2 aromatic carbocycles. The summed E-state index contributed by atoms with van der Waals surface area (Å²) in [5, 5.41) is 2.99. The predicted molar refractivity (Wildman–Crippen MR) is 162 cm³/mol. The smallest absolute Gasteiger partial charge is 0.410 e. The van der Waals surface area contributed by atoms with Gasteiger partial charge in [0.25, 0.3) is 11.9 Å². The number of nitrogen functional groups attached to an aromatic ring is 1. The summed E-state index contributed by atoms with van der Waals surface area (Å²) in [5.74, 6) is -0.494. The van der Waals surface area contributed by atoms with Crippen LogP contribution in [0, 0.1) is 0 Å². The molecule has 0 fully saturated rings. The summed E-state index contributed by atoms with van der Waals surface area (Å²) < 4.78 is 13.9. The second-order valence-electron chi connectivity index (χ2n) is 11.6. The summed E-state index contributed by atoms with van der Waals surface area (Å²) in [4.78, 5) is 55.3. The number of oxazole rings is 1. The first kappa shape index (κ1) is 28.6. The van der Waals surface area contributed by atoms with Crippen LogP contribution < -0.4 is 16.7 Å². The number of rotatable bonds is 5. The molecule has 226 valence electrons. The fourth-order valence-corrected chi connectivity index (χ4v) is 5.36. The molecule has 44 heavy (non-hydrogen) atoms. The van der Waals surface area contributed by atoms with Gasteiger partial charge in [0.05, 0.1) is 29.7 Å². The number of nitrogens with two attached hydrogens (primary N) is 1. The molecular formula is C31H32N8O5. The molecule has 3 N–H and O–H groups in total. The van der Waals surface area contributed by atoms with Gasteiger partial charge in [-0.3, -0.25) is 18.8 Å².